The van der Waals surface area contributed by atoms with Crippen LogP contribution in [0.3, 0.4) is 0 Å². The highest BCUT2D eigenvalue weighted by atomic mass is 16.8. The average Bonchev–Trinajstić information content (AvgIpc) is 3.48. The van der Waals surface area contributed by atoms with E-state index in [1.54, 1.807) is 12.1 Å². The molecule has 3 amide bonds. The van der Waals surface area contributed by atoms with E-state index in [-0.39, 0.29) is 31.1 Å². The van der Waals surface area contributed by atoms with Gasteiger partial charge < -0.3 is 10.1 Å². The third kappa shape index (κ3) is 6.76. The maximum atomic E-state index is 13.1. The number of benzene rings is 2. The standard InChI is InChI=1S/C31H36N2O7/c1-3-5-8-26(34)24-13-11-21(19-39-31(38)40-33-28(36)14-15-29(33)37)25-18-22-17-20(10-12-23(22)30(24)25)7-6-9-27(35)32-16-4-2/h10-13,17H,3-9,14-16,18-19H2,1-2H3,(H,32,35). The van der Waals surface area contributed by atoms with Crippen LogP contribution in [0, 0.1) is 0 Å². The molecule has 4 rings (SSSR count). The largest absolute Gasteiger partial charge is 0.534 e. The van der Waals surface area contributed by atoms with Crippen LogP contribution >= 0.6 is 0 Å². The lowest BCUT2D eigenvalue weighted by Crippen LogP contribution is -2.32. The lowest BCUT2D eigenvalue weighted by atomic mass is 9.92. The van der Waals surface area contributed by atoms with Crippen molar-refractivity contribution in [2.45, 2.75) is 84.7 Å². The summed E-state index contributed by atoms with van der Waals surface area (Å²) in [6.45, 7) is 4.63. The summed E-state index contributed by atoms with van der Waals surface area (Å²) in [7, 11) is 0. The van der Waals surface area contributed by atoms with Gasteiger partial charge in [0.15, 0.2) is 5.78 Å². The van der Waals surface area contributed by atoms with Crippen LogP contribution in [0.15, 0.2) is 30.3 Å². The number of ether oxygens (including phenoxy) is 1. The van der Waals surface area contributed by atoms with Crippen molar-refractivity contribution in [3.05, 3.63) is 58.1 Å². The maximum Gasteiger partial charge on any atom is 0.534 e. The molecule has 1 saturated heterocycles. The van der Waals surface area contributed by atoms with Crippen molar-refractivity contribution in [1.82, 2.24) is 10.4 Å². The number of hydrogen-bond acceptors (Lipinski definition) is 7. The van der Waals surface area contributed by atoms with Crippen molar-refractivity contribution in [1.29, 1.82) is 0 Å². The first-order valence-corrected chi connectivity index (χ1v) is 14.1. The molecule has 0 bridgehead atoms. The van der Waals surface area contributed by atoms with E-state index in [9.17, 15) is 24.0 Å². The number of Topliss-reactive ketones (excluding diaryl/α,β-unsaturated/α-hetero) is 1. The number of hydrogen-bond donors (Lipinski definition) is 1. The molecule has 2 aromatic rings. The SMILES string of the molecule is CCCCC(=O)c1ccc(COC(=O)ON2C(=O)CCC2=O)c2c1-c1ccc(CCCC(=O)NCCC)cc1C2. The number of rotatable bonds is 13. The highest BCUT2D eigenvalue weighted by molar-refractivity contribution is 6.05. The van der Waals surface area contributed by atoms with Crippen molar-refractivity contribution in [2.75, 3.05) is 6.54 Å². The number of ketones is 1. The second kappa shape index (κ2) is 13.4. The Morgan fingerprint density at radius 3 is 2.45 bits per heavy atom. The highest BCUT2D eigenvalue weighted by Gasteiger charge is 2.34. The number of nitrogens with zero attached hydrogens (tertiary/aromatic N) is 1. The molecule has 9 heteroatoms. The van der Waals surface area contributed by atoms with E-state index < -0.39 is 18.0 Å². The molecule has 212 valence electrons. The van der Waals surface area contributed by atoms with Gasteiger partial charge in [-0.2, -0.15) is 0 Å². The van der Waals surface area contributed by atoms with Crippen LogP contribution in [0.2, 0.25) is 0 Å². The molecule has 0 spiro atoms. The van der Waals surface area contributed by atoms with Gasteiger partial charge in [-0.05, 0) is 65.5 Å². The number of carbonyl (C=O) groups is 5. The third-order valence-electron chi connectivity index (χ3n) is 7.23. The quantitative estimate of drug-likeness (QED) is 0.177. The zero-order chi connectivity index (χ0) is 28.6. The van der Waals surface area contributed by atoms with Gasteiger partial charge in [-0.25, -0.2) is 4.79 Å². The van der Waals surface area contributed by atoms with E-state index in [0.29, 0.717) is 36.4 Å². The van der Waals surface area contributed by atoms with Gasteiger partial charge in [-0.15, -0.1) is 0 Å². The molecule has 0 aromatic heterocycles. The van der Waals surface area contributed by atoms with Crippen molar-refractivity contribution >= 4 is 29.7 Å². The van der Waals surface area contributed by atoms with Crippen LogP contribution < -0.4 is 5.32 Å². The van der Waals surface area contributed by atoms with Crippen LogP contribution in [0.4, 0.5) is 4.79 Å². The van der Waals surface area contributed by atoms with E-state index >= 15 is 0 Å². The van der Waals surface area contributed by atoms with Crippen molar-refractivity contribution in [3.8, 4) is 11.1 Å². The van der Waals surface area contributed by atoms with Crippen LogP contribution in [0.25, 0.3) is 11.1 Å². The fourth-order valence-electron chi connectivity index (χ4n) is 5.12. The fraction of sp³-hybridized carbons (Fsp3) is 0.452. The number of nitrogens with one attached hydrogen (secondary N) is 1. The smallest absolute Gasteiger partial charge is 0.428 e. The summed E-state index contributed by atoms with van der Waals surface area (Å²) in [5, 5.41) is 3.35. The molecule has 0 saturated carbocycles. The zero-order valence-electron chi connectivity index (χ0n) is 23.2. The Morgan fingerprint density at radius 2 is 1.73 bits per heavy atom. The number of aryl methyl sites for hydroxylation is 1. The molecule has 1 fully saturated rings. The van der Waals surface area contributed by atoms with Gasteiger partial charge in [0, 0.05) is 37.8 Å². The topological polar surface area (TPSA) is 119 Å². The Morgan fingerprint density at radius 1 is 0.950 bits per heavy atom. The lowest BCUT2D eigenvalue weighted by Gasteiger charge is -2.15. The molecule has 0 atom stereocenters. The highest BCUT2D eigenvalue weighted by Crippen LogP contribution is 2.42. The molecule has 1 aliphatic heterocycles. The van der Waals surface area contributed by atoms with Gasteiger partial charge in [0.25, 0.3) is 11.8 Å². The van der Waals surface area contributed by atoms with Gasteiger partial charge in [-0.3, -0.25) is 24.0 Å². The number of amides is 3. The summed E-state index contributed by atoms with van der Waals surface area (Å²) < 4.78 is 5.27. The fourth-order valence-corrected chi connectivity index (χ4v) is 5.12. The molecule has 0 radical (unpaired) electrons. The van der Waals surface area contributed by atoms with E-state index in [1.165, 1.54) is 0 Å². The first-order chi connectivity index (χ1) is 19.3. The summed E-state index contributed by atoms with van der Waals surface area (Å²) in [6, 6.07) is 9.78. The van der Waals surface area contributed by atoms with Gasteiger partial charge in [-0.1, -0.05) is 55.7 Å². The molecule has 2 aromatic carbocycles. The number of imide groups is 1. The molecule has 1 N–H and O–H groups in total. The minimum Gasteiger partial charge on any atom is -0.428 e. The third-order valence-corrected chi connectivity index (χ3v) is 7.23. The van der Waals surface area contributed by atoms with E-state index in [1.807, 2.05) is 26.0 Å². The number of carbonyl (C=O) groups excluding carboxylic acids is 5. The Balaban J connectivity index is 1.51. The number of unbranched alkanes of at least 4 members (excludes halogenated alkanes) is 1. The van der Waals surface area contributed by atoms with E-state index in [0.717, 1.165) is 65.5 Å². The summed E-state index contributed by atoms with van der Waals surface area (Å²) >= 11 is 0. The predicted molar refractivity (Wildman–Crippen MR) is 147 cm³/mol. The normalized spacial score (nSPS) is 13.7. The van der Waals surface area contributed by atoms with Gasteiger partial charge in [0.05, 0.1) is 0 Å². The minimum absolute atomic E-state index is 0.000552. The van der Waals surface area contributed by atoms with Gasteiger partial charge in [0.1, 0.15) is 6.61 Å². The monoisotopic (exact) mass is 548 g/mol. The minimum atomic E-state index is -1.14. The van der Waals surface area contributed by atoms with Crippen molar-refractivity contribution < 1.29 is 33.5 Å². The van der Waals surface area contributed by atoms with E-state index in [4.69, 9.17) is 9.57 Å². The van der Waals surface area contributed by atoms with Crippen LogP contribution in [0.5, 0.6) is 0 Å². The van der Waals surface area contributed by atoms with Gasteiger partial charge >= 0.3 is 6.16 Å². The predicted octanol–water partition coefficient (Wildman–Crippen LogP) is 5.20. The first kappa shape index (κ1) is 29.0. The molecule has 1 aliphatic carbocycles. The number of hydroxylamine groups is 2. The second-order valence-corrected chi connectivity index (χ2v) is 10.2. The Bertz CT molecular complexity index is 1300. The van der Waals surface area contributed by atoms with E-state index in [2.05, 4.69) is 11.4 Å². The average molecular weight is 549 g/mol. The molecule has 9 nitrogen and oxygen atoms in total. The zero-order valence-corrected chi connectivity index (χ0v) is 23.2. The summed E-state index contributed by atoms with van der Waals surface area (Å²) in [4.78, 5) is 65.7. The molecular weight excluding hydrogens is 512 g/mol. The Kier molecular flexibility index (Phi) is 9.69. The van der Waals surface area contributed by atoms with Crippen LogP contribution in [0.1, 0.15) is 97.8 Å². The first-order valence-electron chi connectivity index (χ1n) is 14.1. The molecule has 1 heterocycles. The van der Waals surface area contributed by atoms with Crippen LogP contribution in [-0.4, -0.2) is 41.3 Å². The number of fused-ring (bicyclic) bond motifs is 3. The Labute approximate surface area is 234 Å². The summed E-state index contributed by atoms with van der Waals surface area (Å²) in [5.74, 6) is -1.02. The lowest BCUT2D eigenvalue weighted by molar-refractivity contribution is -0.177. The molecular formula is C31H36N2O7. The molecule has 40 heavy (non-hydrogen) atoms. The second-order valence-electron chi connectivity index (χ2n) is 10.2. The van der Waals surface area contributed by atoms with Gasteiger partial charge in [0.2, 0.25) is 5.91 Å². The molecule has 2 aliphatic rings. The van der Waals surface area contributed by atoms with Crippen LogP contribution in [-0.2, 0) is 43.4 Å². The maximum absolute atomic E-state index is 13.1. The molecule has 0 unspecified atom stereocenters. The van der Waals surface area contributed by atoms with Crippen molar-refractivity contribution in [2.24, 2.45) is 0 Å². The Hall–Kier alpha value is -4.01. The summed E-state index contributed by atoms with van der Waals surface area (Å²) in [6.07, 6.45) is 4.49. The summed E-state index contributed by atoms with van der Waals surface area (Å²) in [5.41, 5.74) is 6.34. The van der Waals surface area contributed by atoms with Crippen molar-refractivity contribution in [3.63, 3.8) is 0 Å².